The van der Waals surface area contributed by atoms with Gasteiger partial charge in [-0.3, -0.25) is 4.79 Å². The van der Waals surface area contributed by atoms with Crippen molar-refractivity contribution in [2.45, 2.75) is 31.8 Å². The summed E-state index contributed by atoms with van der Waals surface area (Å²) in [5, 5.41) is 0.506. The first-order chi connectivity index (χ1) is 10.1. The number of nitrogens with two attached hydrogens (primary N) is 1. The lowest BCUT2D eigenvalue weighted by Crippen LogP contribution is -2.32. The zero-order chi connectivity index (χ0) is 15.0. The molecule has 114 valence electrons. The Balaban J connectivity index is 2.01. The Hall–Kier alpha value is -1.46. The van der Waals surface area contributed by atoms with Crippen molar-refractivity contribution < 1.29 is 14.3 Å². The molecule has 0 saturated carbocycles. The molecule has 2 N–H and O–H groups in total. The minimum absolute atomic E-state index is 0.0817. The monoisotopic (exact) mass is 310 g/mol. The Kier molecular flexibility index (Phi) is 3.95. The van der Waals surface area contributed by atoms with Gasteiger partial charge in [-0.2, -0.15) is 0 Å². The highest BCUT2D eigenvalue weighted by atomic mass is 35.5. The molecular weight excluding hydrogens is 292 g/mol. The van der Waals surface area contributed by atoms with Gasteiger partial charge in [0, 0.05) is 25.4 Å². The third-order valence-electron chi connectivity index (χ3n) is 3.98. The van der Waals surface area contributed by atoms with E-state index in [4.69, 9.17) is 26.8 Å². The maximum absolute atomic E-state index is 12.0. The predicted molar refractivity (Wildman–Crippen MR) is 79.8 cm³/mol. The van der Waals surface area contributed by atoms with Crippen LogP contribution in [0.25, 0.3) is 0 Å². The Bertz CT molecular complexity index is 564. The number of hydrogen-bond acceptors (Lipinski definition) is 4. The van der Waals surface area contributed by atoms with Gasteiger partial charge in [0.2, 0.25) is 5.91 Å². The molecule has 1 saturated heterocycles. The fourth-order valence-electron chi connectivity index (χ4n) is 3.04. The molecule has 21 heavy (non-hydrogen) atoms. The summed E-state index contributed by atoms with van der Waals surface area (Å²) in [6.07, 6.45) is 1.19. The molecule has 5 nitrogen and oxygen atoms in total. The van der Waals surface area contributed by atoms with E-state index in [1.165, 1.54) is 0 Å². The van der Waals surface area contributed by atoms with E-state index in [2.05, 4.69) is 0 Å². The number of rotatable bonds is 2. The highest BCUT2D eigenvalue weighted by molar-refractivity contribution is 6.32. The second kappa shape index (κ2) is 5.73. The summed E-state index contributed by atoms with van der Waals surface area (Å²) in [4.78, 5) is 13.8. The van der Waals surface area contributed by atoms with E-state index in [1.54, 1.807) is 4.90 Å². The summed E-state index contributed by atoms with van der Waals surface area (Å²) in [7, 11) is 0. The lowest BCUT2D eigenvalue weighted by atomic mass is 10.00. The number of carbonyl (C=O) groups excluding carboxylic acids is 1. The molecular formula is C15H19ClN2O3. The van der Waals surface area contributed by atoms with E-state index in [0.29, 0.717) is 42.7 Å². The van der Waals surface area contributed by atoms with Crippen LogP contribution in [-0.2, 0) is 4.79 Å². The lowest BCUT2D eigenvalue weighted by Gasteiger charge is -2.27. The summed E-state index contributed by atoms with van der Waals surface area (Å²) in [6.45, 7) is 3.77. The van der Waals surface area contributed by atoms with Crippen LogP contribution in [-0.4, -0.2) is 36.6 Å². The zero-order valence-electron chi connectivity index (χ0n) is 12.0. The van der Waals surface area contributed by atoms with Crippen molar-refractivity contribution in [1.82, 2.24) is 4.90 Å². The van der Waals surface area contributed by atoms with Gasteiger partial charge in [-0.1, -0.05) is 11.6 Å². The van der Waals surface area contributed by atoms with Crippen molar-refractivity contribution in [3.63, 3.8) is 0 Å². The van der Waals surface area contributed by atoms with Gasteiger partial charge in [-0.05, 0) is 24.6 Å². The van der Waals surface area contributed by atoms with E-state index in [-0.39, 0.29) is 18.0 Å². The van der Waals surface area contributed by atoms with Gasteiger partial charge in [0.05, 0.1) is 24.3 Å². The first-order valence-corrected chi connectivity index (χ1v) is 7.63. The third-order valence-corrected chi connectivity index (χ3v) is 4.26. The lowest BCUT2D eigenvalue weighted by molar-refractivity contribution is -0.128. The quantitative estimate of drug-likeness (QED) is 0.909. The largest absolute Gasteiger partial charge is 0.489 e. The molecule has 1 amide bonds. The average Bonchev–Trinajstić information content (AvgIpc) is 2.63. The Morgan fingerprint density at radius 2 is 2.14 bits per heavy atom. The van der Waals surface area contributed by atoms with Crippen LogP contribution in [0.1, 0.15) is 31.4 Å². The molecule has 0 aliphatic carbocycles. The van der Waals surface area contributed by atoms with Gasteiger partial charge in [0.1, 0.15) is 0 Å². The smallest absolute Gasteiger partial charge is 0.224 e. The Morgan fingerprint density at radius 1 is 1.38 bits per heavy atom. The van der Waals surface area contributed by atoms with Crippen LogP contribution in [0, 0.1) is 0 Å². The molecule has 2 aliphatic heterocycles. The third kappa shape index (κ3) is 2.56. The summed E-state index contributed by atoms with van der Waals surface area (Å²) >= 11 is 6.32. The van der Waals surface area contributed by atoms with Crippen molar-refractivity contribution in [2.24, 2.45) is 5.73 Å². The number of ether oxygens (including phenoxy) is 2. The standard InChI is InChI=1S/C15H19ClN2O3/c1-2-18-13(19)8-11(17)14(18)9-6-10(16)15-12(7-9)20-4-3-5-21-15/h6-7,11,14H,2-5,8,17H2,1H3. The molecule has 2 unspecified atom stereocenters. The molecule has 2 aliphatic rings. The van der Waals surface area contributed by atoms with Crippen LogP contribution in [0.2, 0.25) is 5.02 Å². The second-order valence-electron chi connectivity index (χ2n) is 5.37. The average molecular weight is 311 g/mol. The number of hydrogen-bond donors (Lipinski definition) is 1. The van der Waals surface area contributed by atoms with Gasteiger partial charge in [-0.15, -0.1) is 0 Å². The van der Waals surface area contributed by atoms with Crippen LogP contribution in [0.4, 0.5) is 0 Å². The maximum Gasteiger partial charge on any atom is 0.224 e. The first kappa shape index (κ1) is 14.5. The number of amides is 1. The minimum atomic E-state index is -0.224. The normalized spacial score (nSPS) is 25.1. The number of fused-ring (bicyclic) bond motifs is 1. The topological polar surface area (TPSA) is 64.8 Å². The number of likely N-dealkylation sites (N-methyl/N-ethyl adjacent to an activating group) is 1. The second-order valence-corrected chi connectivity index (χ2v) is 5.78. The van der Waals surface area contributed by atoms with Crippen LogP contribution in [0.5, 0.6) is 11.5 Å². The van der Waals surface area contributed by atoms with Gasteiger partial charge >= 0.3 is 0 Å². The van der Waals surface area contributed by atoms with Crippen LogP contribution in [0.3, 0.4) is 0 Å². The van der Waals surface area contributed by atoms with Crippen LogP contribution < -0.4 is 15.2 Å². The van der Waals surface area contributed by atoms with Gasteiger partial charge in [0.25, 0.3) is 0 Å². The van der Waals surface area contributed by atoms with E-state index in [0.717, 1.165) is 12.0 Å². The number of halogens is 1. The fourth-order valence-corrected chi connectivity index (χ4v) is 3.31. The molecule has 0 spiro atoms. The predicted octanol–water partition coefficient (Wildman–Crippen LogP) is 2.12. The van der Waals surface area contributed by atoms with Gasteiger partial charge < -0.3 is 20.1 Å². The number of nitrogens with zero attached hydrogens (tertiary/aromatic N) is 1. The van der Waals surface area contributed by atoms with E-state index < -0.39 is 0 Å². The molecule has 0 bridgehead atoms. The van der Waals surface area contributed by atoms with Gasteiger partial charge in [-0.25, -0.2) is 0 Å². The molecule has 1 aromatic carbocycles. The first-order valence-electron chi connectivity index (χ1n) is 7.26. The summed E-state index contributed by atoms with van der Waals surface area (Å²) in [5.41, 5.74) is 7.05. The van der Waals surface area contributed by atoms with Crippen LogP contribution >= 0.6 is 11.6 Å². The highest BCUT2D eigenvalue weighted by Gasteiger charge is 2.38. The van der Waals surface area contributed by atoms with Crippen molar-refractivity contribution in [1.29, 1.82) is 0 Å². The molecule has 2 heterocycles. The number of likely N-dealkylation sites (tertiary alicyclic amines) is 1. The molecule has 1 aromatic rings. The zero-order valence-corrected chi connectivity index (χ0v) is 12.7. The Labute approximate surface area is 128 Å². The molecule has 0 radical (unpaired) electrons. The van der Waals surface area contributed by atoms with Crippen LogP contribution in [0.15, 0.2) is 12.1 Å². The summed E-state index contributed by atoms with van der Waals surface area (Å²) in [5.74, 6) is 1.30. The highest BCUT2D eigenvalue weighted by Crippen LogP contribution is 2.42. The Morgan fingerprint density at radius 3 is 2.90 bits per heavy atom. The van der Waals surface area contributed by atoms with Crippen molar-refractivity contribution >= 4 is 17.5 Å². The van der Waals surface area contributed by atoms with Crippen molar-refractivity contribution in [3.8, 4) is 11.5 Å². The SMILES string of the molecule is CCN1C(=O)CC(N)C1c1cc(Cl)c2c(c1)OCCCO2. The molecule has 2 atom stereocenters. The van der Waals surface area contributed by atoms with E-state index >= 15 is 0 Å². The van der Waals surface area contributed by atoms with Crippen molar-refractivity contribution in [2.75, 3.05) is 19.8 Å². The minimum Gasteiger partial charge on any atom is -0.489 e. The summed E-state index contributed by atoms with van der Waals surface area (Å²) in [6, 6.07) is 3.36. The van der Waals surface area contributed by atoms with E-state index in [1.807, 2.05) is 19.1 Å². The van der Waals surface area contributed by atoms with Gasteiger partial charge in [0.15, 0.2) is 11.5 Å². The molecule has 6 heteroatoms. The van der Waals surface area contributed by atoms with E-state index in [9.17, 15) is 4.79 Å². The number of carbonyl (C=O) groups is 1. The summed E-state index contributed by atoms with van der Waals surface area (Å²) < 4.78 is 11.3. The fraction of sp³-hybridized carbons (Fsp3) is 0.533. The number of benzene rings is 1. The molecule has 0 aromatic heterocycles. The molecule has 3 rings (SSSR count). The maximum atomic E-state index is 12.0. The molecule has 1 fully saturated rings. The van der Waals surface area contributed by atoms with Crippen molar-refractivity contribution in [3.05, 3.63) is 22.7 Å².